The van der Waals surface area contributed by atoms with Crippen molar-refractivity contribution in [3.8, 4) is 17.6 Å². The van der Waals surface area contributed by atoms with Crippen molar-refractivity contribution in [1.29, 1.82) is 5.26 Å². The van der Waals surface area contributed by atoms with E-state index in [0.717, 1.165) is 46.3 Å². The van der Waals surface area contributed by atoms with Gasteiger partial charge >= 0.3 is 0 Å². The van der Waals surface area contributed by atoms with Gasteiger partial charge in [-0.25, -0.2) is 0 Å². The van der Waals surface area contributed by atoms with Crippen molar-refractivity contribution in [1.82, 2.24) is 0 Å². The molecule has 0 saturated heterocycles. The number of ether oxygens (including phenoxy) is 1. The molecule has 1 atom stereocenters. The Labute approximate surface area is 169 Å². The van der Waals surface area contributed by atoms with Gasteiger partial charge in [-0.3, -0.25) is 0 Å². The van der Waals surface area contributed by atoms with Gasteiger partial charge in [0.2, 0.25) is 8.32 Å². The Morgan fingerprint density at radius 2 is 1.64 bits per heavy atom. The number of nitriles is 1. The summed E-state index contributed by atoms with van der Waals surface area (Å²) >= 11 is 0. The molecule has 0 spiro atoms. The van der Waals surface area contributed by atoms with Crippen LogP contribution in [0.5, 0.6) is 11.5 Å². The van der Waals surface area contributed by atoms with Crippen molar-refractivity contribution in [2.45, 2.75) is 65.5 Å². The van der Waals surface area contributed by atoms with Crippen molar-refractivity contribution < 1.29 is 14.3 Å². The van der Waals surface area contributed by atoms with Crippen LogP contribution < -0.4 is 9.16 Å². The fraction of sp³-hybridized carbons (Fsp3) is 0.435. The van der Waals surface area contributed by atoms with E-state index < -0.39 is 14.4 Å². The Balaban J connectivity index is 2.35. The number of rotatable bonds is 9. The molecule has 5 heteroatoms. The molecule has 2 aromatic carbocycles. The van der Waals surface area contributed by atoms with Gasteiger partial charge in [0.1, 0.15) is 18.1 Å². The normalized spacial score (nSPS) is 12.3. The Hall–Kier alpha value is -2.29. The molecule has 0 amide bonds. The van der Waals surface area contributed by atoms with Crippen LogP contribution in [0.25, 0.3) is 0 Å². The number of benzene rings is 2. The molecule has 150 valence electrons. The third kappa shape index (κ3) is 4.95. The summed E-state index contributed by atoms with van der Waals surface area (Å²) in [5, 5.41) is 19.3. The SMILES string of the molecule is CC[Si](CC)(CC)Oc1ccc(C(O)C#N)c(COc2c(C)cccc2C)c1. The minimum Gasteiger partial charge on any atom is -0.543 e. The number of hydrogen-bond acceptors (Lipinski definition) is 4. The Morgan fingerprint density at radius 3 is 2.18 bits per heavy atom. The highest BCUT2D eigenvalue weighted by Gasteiger charge is 2.31. The van der Waals surface area contributed by atoms with Crippen molar-refractivity contribution in [2.24, 2.45) is 0 Å². The highest BCUT2D eigenvalue weighted by molar-refractivity contribution is 6.74. The summed E-state index contributed by atoms with van der Waals surface area (Å²) in [7, 11) is -1.81. The van der Waals surface area contributed by atoms with Gasteiger partial charge in [-0.05, 0) is 60.8 Å². The van der Waals surface area contributed by atoms with Gasteiger partial charge in [-0.15, -0.1) is 0 Å². The largest absolute Gasteiger partial charge is 0.543 e. The number of aryl methyl sites for hydroxylation is 2. The van der Waals surface area contributed by atoms with E-state index in [1.54, 1.807) is 6.07 Å². The average molecular weight is 398 g/mol. The second-order valence-corrected chi connectivity index (χ2v) is 11.9. The van der Waals surface area contributed by atoms with Gasteiger partial charge in [-0.1, -0.05) is 45.0 Å². The summed E-state index contributed by atoms with van der Waals surface area (Å²) in [5.41, 5.74) is 3.46. The van der Waals surface area contributed by atoms with Crippen molar-refractivity contribution in [2.75, 3.05) is 0 Å². The van der Waals surface area contributed by atoms with E-state index in [1.165, 1.54) is 0 Å². The summed E-state index contributed by atoms with van der Waals surface area (Å²) in [5.74, 6) is 1.64. The summed E-state index contributed by atoms with van der Waals surface area (Å²) in [6.45, 7) is 10.9. The van der Waals surface area contributed by atoms with Gasteiger partial charge in [0.05, 0.1) is 6.07 Å². The molecule has 0 aliphatic rings. The first kappa shape index (κ1) is 22.0. The molecule has 0 bridgehead atoms. The zero-order chi connectivity index (χ0) is 20.7. The molecule has 28 heavy (non-hydrogen) atoms. The Morgan fingerprint density at radius 1 is 1.04 bits per heavy atom. The zero-order valence-electron chi connectivity index (χ0n) is 17.6. The van der Waals surface area contributed by atoms with E-state index in [0.29, 0.717) is 5.56 Å². The summed E-state index contributed by atoms with van der Waals surface area (Å²) in [6, 6.07) is 16.7. The van der Waals surface area contributed by atoms with Crippen LogP contribution in [-0.2, 0) is 6.61 Å². The maximum Gasteiger partial charge on any atom is 0.250 e. The molecule has 2 rings (SSSR count). The number of hydrogen-bond donors (Lipinski definition) is 1. The first-order valence-corrected chi connectivity index (χ1v) is 12.5. The summed E-state index contributed by atoms with van der Waals surface area (Å²) in [4.78, 5) is 0. The van der Waals surface area contributed by atoms with Crippen LogP contribution in [0.2, 0.25) is 18.1 Å². The van der Waals surface area contributed by atoms with Gasteiger partial charge < -0.3 is 14.3 Å². The fourth-order valence-corrected chi connectivity index (χ4v) is 6.06. The van der Waals surface area contributed by atoms with Crippen LogP contribution >= 0.6 is 0 Å². The van der Waals surface area contributed by atoms with Crippen LogP contribution in [-0.4, -0.2) is 13.4 Å². The number of nitrogens with zero attached hydrogens (tertiary/aromatic N) is 1. The molecule has 1 N–H and O–H groups in total. The first-order valence-electron chi connectivity index (χ1n) is 9.98. The van der Waals surface area contributed by atoms with E-state index in [1.807, 2.05) is 50.2 Å². The molecule has 0 saturated carbocycles. The third-order valence-corrected chi connectivity index (χ3v) is 10.1. The maximum absolute atomic E-state index is 10.1. The molecule has 0 aliphatic carbocycles. The van der Waals surface area contributed by atoms with Gasteiger partial charge in [-0.2, -0.15) is 5.26 Å². The predicted molar refractivity (Wildman–Crippen MR) is 115 cm³/mol. The molecular weight excluding hydrogens is 366 g/mol. The van der Waals surface area contributed by atoms with Gasteiger partial charge in [0.25, 0.3) is 0 Å². The second kappa shape index (κ2) is 9.77. The smallest absolute Gasteiger partial charge is 0.250 e. The number of aliphatic hydroxyl groups excluding tert-OH is 1. The molecular formula is C23H31NO3Si. The van der Waals surface area contributed by atoms with Crippen LogP contribution in [0, 0.1) is 25.2 Å². The molecule has 0 radical (unpaired) electrons. The highest BCUT2D eigenvalue weighted by Crippen LogP contribution is 2.30. The van der Waals surface area contributed by atoms with E-state index in [9.17, 15) is 10.4 Å². The van der Waals surface area contributed by atoms with E-state index in [4.69, 9.17) is 9.16 Å². The Kier molecular flexibility index (Phi) is 7.67. The van der Waals surface area contributed by atoms with Crippen molar-refractivity contribution in [3.05, 3.63) is 58.7 Å². The van der Waals surface area contributed by atoms with Crippen molar-refractivity contribution in [3.63, 3.8) is 0 Å². The lowest BCUT2D eigenvalue weighted by atomic mass is 10.0. The minimum absolute atomic E-state index is 0.274. The average Bonchev–Trinajstić information content (AvgIpc) is 2.71. The number of para-hydroxylation sites is 1. The lowest BCUT2D eigenvalue weighted by molar-refractivity contribution is 0.229. The molecule has 4 nitrogen and oxygen atoms in total. The van der Waals surface area contributed by atoms with E-state index in [2.05, 4.69) is 20.8 Å². The topological polar surface area (TPSA) is 62.5 Å². The zero-order valence-corrected chi connectivity index (χ0v) is 18.6. The van der Waals surface area contributed by atoms with E-state index in [-0.39, 0.29) is 6.61 Å². The maximum atomic E-state index is 10.1. The molecule has 2 aromatic rings. The lowest BCUT2D eigenvalue weighted by Gasteiger charge is -2.29. The van der Waals surface area contributed by atoms with Crippen LogP contribution in [0.3, 0.4) is 0 Å². The molecule has 1 unspecified atom stereocenters. The molecule has 0 aliphatic heterocycles. The lowest BCUT2D eigenvalue weighted by Crippen LogP contribution is -2.39. The Bertz CT molecular complexity index is 812. The minimum atomic E-state index is -1.81. The molecule has 0 heterocycles. The first-order chi connectivity index (χ1) is 13.4. The van der Waals surface area contributed by atoms with Crippen LogP contribution in [0.1, 0.15) is 49.1 Å². The third-order valence-electron chi connectivity index (χ3n) is 5.58. The summed E-state index contributed by atoms with van der Waals surface area (Å²) in [6.07, 6.45) is -1.18. The fourth-order valence-electron chi connectivity index (χ4n) is 3.50. The van der Waals surface area contributed by atoms with E-state index >= 15 is 0 Å². The van der Waals surface area contributed by atoms with Crippen LogP contribution in [0.4, 0.5) is 0 Å². The highest BCUT2D eigenvalue weighted by atomic mass is 28.4. The second-order valence-electron chi connectivity index (χ2n) is 7.25. The molecule has 0 aromatic heterocycles. The number of aliphatic hydroxyl groups is 1. The quantitative estimate of drug-likeness (QED) is 0.427. The van der Waals surface area contributed by atoms with Crippen LogP contribution in [0.15, 0.2) is 36.4 Å². The standard InChI is InChI=1S/C23H31NO3Si/c1-6-28(7-2,8-3)27-20-12-13-21(22(25)15-24)19(14-20)16-26-23-17(4)10-9-11-18(23)5/h9-14,22,25H,6-8,16H2,1-5H3. The predicted octanol–water partition coefficient (Wildman–Crippen LogP) is 5.82. The summed E-state index contributed by atoms with van der Waals surface area (Å²) < 4.78 is 12.6. The van der Waals surface area contributed by atoms with Crippen molar-refractivity contribution >= 4 is 8.32 Å². The van der Waals surface area contributed by atoms with Gasteiger partial charge in [0.15, 0.2) is 6.10 Å². The molecule has 0 fully saturated rings. The monoisotopic (exact) mass is 397 g/mol. The van der Waals surface area contributed by atoms with Gasteiger partial charge in [0, 0.05) is 5.56 Å².